The summed E-state index contributed by atoms with van der Waals surface area (Å²) in [6, 6.07) is 0. The van der Waals surface area contributed by atoms with Gasteiger partial charge in [0.25, 0.3) is 0 Å². The van der Waals surface area contributed by atoms with Gasteiger partial charge >= 0.3 is 50.5 Å². The van der Waals surface area contributed by atoms with Gasteiger partial charge in [0.2, 0.25) is 0 Å². The fourth-order valence-corrected chi connectivity index (χ4v) is 0.125. The molecule has 0 rings (SSSR count). The van der Waals surface area contributed by atoms with Gasteiger partial charge in [0.05, 0.1) is 0 Å². The van der Waals surface area contributed by atoms with Gasteiger partial charge in [-0.25, -0.2) is 0 Å². The van der Waals surface area contributed by atoms with Gasteiger partial charge in [0.1, 0.15) is 0 Å². The summed E-state index contributed by atoms with van der Waals surface area (Å²) in [5, 5.41) is 7.00. The molecule has 0 aliphatic rings. The van der Waals surface area contributed by atoms with Gasteiger partial charge < -0.3 is 24.5 Å². The Kier molecular flexibility index (Phi) is 330. The van der Waals surface area contributed by atoms with E-state index < -0.39 is 0 Å². The Morgan fingerprint density at radius 2 is 1.08 bits per heavy atom. The molecule has 0 aromatic carbocycles. The standard InChI is InChI=1S/C5H7.C3H7.C3H4.2C2H6N.I3.I2.HI.2Y/c1-3-5-4-2;5*1-3-2;1-2;;;/h1,3H2,2H3;1,3H2,2H3;1H,2H3;2*1-2H3;;;1H;;/q2*-1;;3*-1;;;;. The molecule has 0 heterocycles. The number of terminal acetylenes is 1. The number of hydrogen-bond acceptors (Lipinski definition) is 0. The predicted octanol–water partition coefficient (Wildman–Crippen LogP) is 5.50. The summed E-state index contributed by atoms with van der Waals surface area (Å²) in [5.74, 6) is 7.70. The van der Waals surface area contributed by atoms with Crippen molar-refractivity contribution in [3.05, 3.63) is 24.5 Å². The van der Waals surface area contributed by atoms with Crippen LogP contribution < -0.4 is 13.3 Å². The Morgan fingerprint density at radius 1 is 0.960 bits per heavy atom. The van der Waals surface area contributed by atoms with Gasteiger partial charge in [-0.05, 0) is 13.8 Å². The van der Waals surface area contributed by atoms with Gasteiger partial charge in [-0.15, -0.1) is 54.6 Å². The SMILES string of the molecule is C#CC.C[N-]C.C[N-]C.I.II.I[I-]I.[CH2-]CC.[CH2-]CC#CC.[Y].[Y]. The number of nitrogens with zero attached hydrogens (tertiary/aromatic N) is 2. The Morgan fingerprint density at radius 3 is 1.08 bits per heavy atom. The van der Waals surface area contributed by atoms with Gasteiger partial charge in [-0.2, -0.15) is 34.6 Å². The van der Waals surface area contributed by atoms with Crippen molar-refractivity contribution < 1.29 is 78.7 Å². The second kappa shape index (κ2) is 131. The van der Waals surface area contributed by atoms with Crippen molar-refractivity contribution in [2.45, 2.75) is 33.6 Å². The van der Waals surface area contributed by atoms with Crippen LogP contribution in [-0.4, -0.2) is 28.2 Å². The molecule has 0 unspecified atom stereocenters. The average Bonchev–Trinajstić information content (AvgIpc) is 2.46. The Bertz CT molecular complexity index is 179. The third-order valence-corrected chi connectivity index (χ3v) is 0.302. The zero-order valence-corrected chi connectivity index (χ0v) is 35.0. The molecule has 0 N–H and O–H groups in total. The van der Waals surface area contributed by atoms with E-state index in [1.165, 1.54) is 0 Å². The maximum Gasteiger partial charge on any atom is 0 e. The summed E-state index contributed by atoms with van der Waals surface area (Å²) in [4.78, 5) is 0. The van der Waals surface area contributed by atoms with E-state index in [9.17, 15) is 0 Å². The quantitative estimate of drug-likeness (QED) is 0.175. The van der Waals surface area contributed by atoms with Crippen molar-refractivity contribution in [3.8, 4) is 24.2 Å². The molecule has 154 valence electrons. The first-order valence-electron chi connectivity index (χ1n) is 5.82. The summed E-state index contributed by atoms with van der Waals surface area (Å²) in [5.41, 5.74) is 0. The van der Waals surface area contributed by atoms with Crippen LogP contribution in [0.3, 0.4) is 0 Å². The van der Waals surface area contributed by atoms with Crippen molar-refractivity contribution in [2.24, 2.45) is 0 Å². The van der Waals surface area contributed by atoms with Crippen molar-refractivity contribution in [1.82, 2.24) is 0 Å². The Labute approximate surface area is 280 Å². The Hall–Kier alpha value is 5.63. The van der Waals surface area contributed by atoms with Crippen LogP contribution >= 0.6 is 98.4 Å². The fourth-order valence-electron chi connectivity index (χ4n) is 0.125. The van der Waals surface area contributed by atoms with Crippen molar-refractivity contribution in [2.75, 3.05) is 28.2 Å². The third kappa shape index (κ3) is 389. The van der Waals surface area contributed by atoms with Gasteiger partial charge in [-0.1, -0.05) is 6.92 Å². The normalized spacial score (nSPS) is 4.64. The molecule has 0 fully saturated rings. The van der Waals surface area contributed by atoms with Crippen LogP contribution in [-0.2, 0) is 65.4 Å². The van der Waals surface area contributed by atoms with Crippen LogP contribution in [0.5, 0.6) is 0 Å². The minimum absolute atomic E-state index is 0. The second-order valence-corrected chi connectivity index (χ2v) is 18.7. The van der Waals surface area contributed by atoms with Crippen LogP contribution in [0.25, 0.3) is 10.6 Å². The summed E-state index contributed by atoms with van der Waals surface area (Å²) in [7, 11) is 7.00. The first kappa shape index (κ1) is 63.2. The molecule has 0 aromatic rings. The molecule has 0 saturated carbocycles. The predicted molar refractivity (Wildman–Crippen MR) is 155 cm³/mol. The zero-order valence-electron chi connectivity index (χ0n) is 16.3. The van der Waals surface area contributed by atoms with Crippen molar-refractivity contribution >= 4 is 98.4 Å². The maximum absolute atomic E-state index is 4.60. The number of rotatable bonds is 0. The van der Waals surface area contributed by atoms with E-state index in [1.54, 1.807) is 35.1 Å². The molecular formula is C15H31I6N2Y2-5. The smallest absolute Gasteiger partial charge is 0 e. The number of hydrogen-bond donors (Lipinski definition) is 0. The van der Waals surface area contributed by atoms with E-state index in [0.717, 1.165) is 12.8 Å². The molecule has 0 bridgehead atoms. The van der Waals surface area contributed by atoms with E-state index in [0.29, 0.717) is 13.3 Å². The molecule has 0 amide bonds. The largest absolute Gasteiger partial charge is 0.344 e. The van der Waals surface area contributed by atoms with E-state index in [2.05, 4.69) is 123 Å². The topological polar surface area (TPSA) is 28.2 Å². The molecule has 0 saturated heterocycles. The molecule has 0 aliphatic carbocycles. The van der Waals surface area contributed by atoms with Gasteiger partial charge in [0.15, 0.2) is 0 Å². The maximum atomic E-state index is 4.60. The third-order valence-electron chi connectivity index (χ3n) is 0.302. The molecule has 0 aliphatic heterocycles. The van der Waals surface area contributed by atoms with Crippen LogP contribution in [0.4, 0.5) is 0 Å². The van der Waals surface area contributed by atoms with Gasteiger partial charge in [-0.3, -0.25) is 0 Å². The van der Waals surface area contributed by atoms with Crippen molar-refractivity contribution in [3.63, 3.8) is 0 Å². The second-order valence-electron chi connectivity index (χ2n) is 2.41. The van der Waals surface area contributed by atoms with E-state index in [4.69, 9.17) is 0 Å². The molecule has 25 heavy (non-hydrogen) atoms. The minimum Gasteiger partial charge on any atom is -0.344 e. The van der Waals surface area contributed by atoms with E-state index in [-0.39, 0.29) is 89.4 Å². The molecular weight excluding hydrogens is 1150 g/mol. The Balaban J connectivity index is -0.0000000131. The van der Waals surface area contributed by atoms with E-state index >= 15 is 0 Å². The van der Waals surface area contributed by atoms with Crippen LogP contribution in [0.1, 0.15) is 33.6 Å². The summed E-state index contributed by atoms with van der Waals surface area (Å²) in [6.07, 6.45) is 6.33. The first-order valence-corrected chi connectivity index (χ1v) is 24.7. The summed E-state index contributed by atoms with van der Waals surface area (Å²) in [6.45, 7) is 12.5. The van der Waals surface area contributed by atoms with Gasteiger partial charge in [0, 0.05) is 103 Å². The van der Waals surface area contributed by atoms with Crippen molar-refractivity contribution in [1.29, 1.82) is 0 Å². The molecule has 0 aromatic heterocycles. The minimum atomic E-state index is 0. The summed E-state index contributed by atoms with van der Waals surface area (Å²) < 4.78 is 0. The molecule has 0 spiro atoms. The van der Waals surface area contributed by atoms with Crippen LogP contribution in [0.15, 0.2) is 0 Å². The molecule has 10 heteroatoms. The fraction of sp³-hybridized carbons (Fsp3) is 0.600. The van der Waals surface area contributed by atoms with Crippen LogP contribution in [0, 0.1) is 38.0 Å². The molecule has 2 nitrogen and oxygen atoms in total. The average molecular weight is 1180 g/mol. The summed E-state index contributed by atoms with van der Waals surface area (Å²) >= 11 is 9.54. The van der Waals surface area contributed by atoms with Crippen LogP contribution in [0.2, 0.25) is 0 Å². The zero-order chi connectivity index (χ0) is 19.7. The monoisotopic (exact) mass is 1180 g/mol. The number of halogens is 6. The molecule has 0 atom stereocenters. The first-order chi connectivity index (χ1) is 10.5. The van der Waals surface area contributed by atoms with E-state index in [1.807, 2.05) is 13.8 Å². The molecule has 2 radical (unpaired) electrons.